The number of nitrogens with zero attached hydrogens (tertiary/aromatic N) is 1. The minimum absolute atomic E-state index is 0. The third-order valence-electron chi connectivity index (χ3n) is 5.18. The number of amides is 1. The van der Waals surface area contributed by atoms with Crippen molar-refractivity contribution in [2.24, 2.45) is 4.99 Å². The van der Waals surface area contributed by atoms with E-state index >= 15 is 0 Å². The molecule has 3 aromatic rings. The first kappa shape index (κ1) is 24.8. The van der Waals surface area contributed by atoms with Crippen LogP contribution in [-0.2, 0) is 12.8 Å². The van der Waals surface area contributed by atoms with Crippen molar-refractivity contribution < 1.29 is 9.21 Å². The molecule has 4 N–H and O–H groups in total. The topological polar surface area (TPSA) is 94.5 Å². The number of rotatable bonds is 9. The van der Waals surface area contributed by atoms with Crippen LogP contribution in [0.3, 0.4) is 0 Å². The van der Waals surface area contributed by atoms with Gasteiger partial charge in [-0.15, -0.1) is 24.0 Å². The Morgan fingerprint density at radius 1 is 1.10 bits per heavy atom. The van der Waals surface area contributed by atoms with Crippen LogP contribution in [0.2, 0.25) is 0 Å². The summed E-state index contributed by atoms with van der Waals surface area (Å²) < 4.78 is 5.19. The van der Waals surface area contributed by atoms with E-state index in [1.807, 2.05) is 6.92 Å². The number of halogens is 1. The number of nitrogens with one attached hydrogen (secondary N) is 4. The van der Waals surface area contributed by atoms with Crippen LogP contribution >= 0.6 is 24.0 Å². The number of aryl methyl sites for hydroxylation is 2. The molecular weight excluding hydrogens is 505 g/mol. The number of guanidine groups is 1. The zero-order valence-corrected chi connectivity index (χ0v) is 20.7. The van der Waals surface area contributed by atoms with E-state index in [0.29, 0.717) is 18.8 Å². The van der Waals surface area contributed by atoms with Crippen molar-refractivity contribution in [2.75, 3.05) is 26.7 Å². The fourth-order valence-corrected chi connectivity index (χ4v) is 3.50. The van der Waals surface area contributed by atoms with Crippen LogP contribution in [0.4, 0.5) is 0 Å². The Morgan fingerprint density at radius 2 is 1.87 bits per heavy atom. The minimum Gasteiger partial charge on any atom is -0.459 e. The highest BCUT2D eigenvalue weighted by atomic mass is 127. The standard InChI is InChI=1S/C23H31N5O2.HI/c1-4-17-7-5-8-19-18(15-28-20(17)19)9-13-27-23(24-3)26-12-6-11-25-22(29)21-16(2)10-14-30-21;/h5,7-8,10,14-15,28H,4,6,9,11-13H2,1-3H3,(H,25,29)(H2,24,26,27);1H. The molecule has 0 saturated heterocycles. The van der Waals surface area contributed by atoms with Crippen molar-refractivity contribution in [2.45, 2.75) is 33.1 Å². The second-order valence-corrected chi connectivity index (χ2v) is 7.23. The molecule has 0 spiro atoms. The lowest BCUT2D eigenvalue weighted by Crippen LogP contribution is -2.39. The van der Waals surface area contributed by atoms with Gasteiger partial charge in [0.15, 0.2) is 11.7 Å². The van der Waals surface area contributed by atoms with Crippen molar-refractivity contribution in [3.8, 4) is 0 Å². The molecule has 0 unspecified atom stereocenters. The predicted molar refractivity (Wildman–Crippen MR) is 137 cm³/mol. The van der Waals surface area contributed by atoms with Gasteiger partial charge in [-0.2, -0.15) is 0 Å². The predicted octanol–water partition coefficient (Wildman–Crippen LogP) is 3.78. The number of H-pyrrole nitrogens is 1. The summed E-state index contributed by atoms with van der Waals surface area (Å²) >= 11 is 0. The number of hydrogen-bond acceptors (Lipinski definition) is 3. The smallest absolute Gasteiger partial charge is 0.287 e. The van der Waals surface area contributed by atoms with E-state index in [4.69, 9.17) is 4.42 Å². The fourth-order valence-electron chi connectivity index (χ4n) is 3.50. The number of aromatic amines is 1. The Hall–Kier alpha value is -2.49. The number of hydrogen-bond donors (Lipinski definition) is 4. The first-order valence-electron chi connectivity index (χ1n) is 10.5. The van der Waals surface area contributed by atoms with Crippen molar-refractivity contribution in [3.05, 3.63) is 59.2 Å². The summed E-state index contributed by atoms with van der Waals surface area (Å²) in [6.07, 6.45) is 6.35. The number of fused-ring (bicyclic) bond motifs is 1. The molecule has 0 aliphatic carbocycles. The maximum absolute atomic E-state index is 12.0. The van der Waals surface area contributed by atoms with Gasteiger partial charge in [0.2, 0.25) is 0 Å². The molecule has 0 atom stereocenters. The molecule has 168 valence electrons. The summed E-state index contributed by atoms with van der Waals surface area (Å²) in [5, 5.41) is 10.8. The normalized spacial score (nSPS) is 11.3. The van der Waals surface area contributed by atoms with E-state index in [1.165, 1.54) is 28.3 Å². The Bertz CT molecular complexity index is 1010. The number of aromatic nitrogens is 1. The lowest BCUT2D eigenvalue weighted by atomic mass is 10.1. The molecule has 0 bridgehead atoms. The molecule has 1 amide bonds. The van der Waals surface area contributed by atoms with E-state index in [2.05, 4.69) is 57.2 Å². The van der Waals surface area contributed by atoms with E-state index in [1.54, 1.807) is 13.1 Å². The van der Waals surface area contributed by atoms with E-state index in [0.717, 1.165) is 37.3 Å². The largest absolute Gasteiger partial charge is 0.459 e. The van der Waals surface area contributed by atoms with Crippen LogP contribution in [0.5, 0.6) is 0 Å². The summed E-state index contributed by atoms with van der Waals surface area (Å²) in [5.41, 5.74) is 4.73. The van der Waals surface area contributed by atoms with Gasteiger partial charge in [0.25, 0.3) is 5.91 Å². The molecule has 31 heavy (non-hydrogen) atoms. The highest BCUT2D eigenvalue weighted by Crippen LogP contribution is 2.22. The van der Waals surface area contributed by atoms with Crippen LogP contribution in [0.15, 0.2) is 46.1 Å². The van der Waals surface area contributed by atoms with Crippen LogP contribution in [0.1, 0.15) is 40.6 Å². The molecule has 0 fully saturated rings. The van der Waals surface area contributed by atoms with Gasteiger partial charge in [0.05, 0.1) is 6.26 Å². The maximum Gasteiger partial charge on any atom is 0.287 e. The summed E-state index contributed by atoms with van der Waals surface area (Å²) in [4.78, 5) is 19.7. The molecule has 0 saturated carbocycles. The first-order chi connectivity index (χ1) is 14.6. The average molecular weight is 537 g/mol. The number of benzene rings is 1. The van der Waals surface area contributed by atoms with Gasteiger partial charge in [-0.25, -0.2) is 0 Å². The Labute approximate surface area is 200 Å². The monoisotopic (exact) mass is 537 g/mol. The number of para-hydroxylation sites is 1. The van der Waals surface area contributed by atoms with E-state index in [9.17, 15) is 4.79 Å². The first-order valence-corrected chi connectivity index (χ1v) is 10.5. The quantitative estimate of drug-likeness (QED) is 0.145. The average Bonchev–Trinajstić information content (AvgIpc) is 3.38. The maximum atomic E-state index is 12.0. The van der Waals surface area contributed by atoms with Gasteiger partial charge in [-0.3, -0.25) is 9.79 Å². The van der Waals surface area contributed by atoms with Gasteiger partial charge >= 0.3 is 0 Å². The Kier molecular flexibility index (Phi) is 9.90. The molecule has 0 aliphatic rings. The lowest BCUT2D eigenvalue weighted by molar-refractivity contribution is 0.0925. The van der Waals surface area contributed by atoms with Crippen molar-refractivity contribution in [1.29, 1.82) is 0 Å². The molecule has 7 nitrogen and oxygen atoms in total. The zero-order chi connectivity index (χ0) is 21.3. The van der Waals surface area contributed by atoms with Crippen molar-refractivity contribution in [1.82, 2.24) is 20.9 Å². The van der Waals surface area contributed by atoms with Gasteiger partial charge < -0.3 is 25.4 Å². The van der Waals surface area contributed by atoms with E-state index < -0.39 is 0 Å². The molecule has 3 rings (SSSR count). The summed E-state index contributed by atoms with van der Waals surface area (Å²) in [7, 11) is 1.76. The molecule has 8 heteroatoms. The summed E-state index contributed by atoms with van der Waals surface area (Å²) in [5.74, 6) is 0.964. The van der Waals surface area contributed by atoms with Crippen LogP contribution in [0, 0.1) is 6.92 Å². The Morgan fingerprint density at radius 3 is 2.58 bits per heavy atom. The number of carbonyl (C=O) groups is 1. The second-order valence-electron chi connectivity index (χ2n) is 7.23. The van der Waals surface area contributed by atoms with Crippen molar-refractivity contribution >= 4 is 46.7 Å². The van der Waals surface area contributed by atoms with Gasteiger partial charge in [0.1, 0.15) is 0 Å². The van der Waals surface area contributed by atoms with Crippen LogP contribution in [-0.4, -0.2) is 43.5 Å². The van der Waals surface area contributed by atoms with Gasteiger partial charge in [0, 0.05) is 49.3 Å². The number of aliphatic imine (C=N–C) groups is 1. The highest BCUT2D eigenvalue weighted by molar-refractivity contribution is 14.0. The summed E-state index contributed by atoms with van der Waals surface area (Å²) in [6.45, 7) is 6.10. The fraction of sp³-hybridized carbons (Fsp3) is 0.391. The second kappa shape index (κ2) is 12.4. The SMILES string of the molecule is CCc1cccc2c(CCNC(=NC)NCCCNC(=O)c3occc3C)c[nH]c12.I. The summed E-state index contributed by atoms with van der Waals surface area (Å²) in [6, 6.07) is 8.25. The van der Waals surface area contributed by atoms with Crippen LogP contribution in [0.25, 0.3) is 10.9 Å². The molecule has 2 aromatic heterocycles. The third kappa shape index (κ3) is 6.49. The molecule has 0 radical (unpaired) electrons. The lowest BCUT2D eigenvalue weighted by Gasteiger charge is -2.12. The van der Waals surface area contributed by atoms with Crippen LogP contribution < -0.4 is 16.0 Å². The zero-order valence-electron chi connectivity index (χ0n) is 18.4. The molecule has 2 heterocycles. The molecular formula is C23H32IN5O2. The molecule has 0 aliphatic heterocycles. The number of furan rings is 1. The third-order valence-corrected chi connectivity index (χ3v) is 5.18. The Balaban J connectivity index is 0.00000341. The van der Waals surface area contributed by atoms with Crippen molar-refractivity contribution in [3.63, 3.8) is 0 Å². The minimum atomic E-state index is -0.176. The van der Waals surface area contributed by atoms with E-state index in [-0.39, 0.29) is 29.9 Å². The van der Waals surface area contributed by atoms with Gasteiger partial charge in [-0.1, -0.05) is 25.1 Å². The number of carbonyl (C=O) groups excluding carboxylic acids is 1. The molecule has 1 aromatic carbocycles. The van der Waals surface area contributed by atoms with Gasteiger partial charge in [-0.05, 0) is 43.4 Å². The highest BCUT2D eigenvalue weighted by Gasteiger charge is 2.11.